The fourth-order valence-corrected chi connectivity index (χ4v) is 1.10. The average molecular weight is 204 g/mol. The van der Waals surface area contributed by atoms with Crippen molar-refractivity contribution in [3.63, 3.8) is 0 Å². The van der Waals surface area contributed by atoms with Crippen molar-refractivity contribution in [2.45, 2.75) is 12.5 Å². The fraction of sp³-hybridized carbons (Fsp3) is 0.500. The molecule has 0 fully saturated rings. The van der Waals surface area contributed by atoms with Crippen LogP contribution in [0, 0.1) is 0 Å². The van der Waals surface area contributed by atoms with E-state index >= 15 is 0 Å². The molecule has 1 N–H and O–H groups in total. The van der Waals surface area contributed by atoms with Gasteiger partial charge in [-0.05, 0) is 6.42 Å². The summed E-state index contributed by atoms with van der Waals surface area (Å²) in [4.78, 5) is 11.0. The monoisotopic (exact) mass is 204 g/mol. The molecule has 6 heteroatoms. The van der Waals surface area contributed by atoms with Crippen molar-refractivity contribution in [2.75, 3.05) is 7.11 Å². The standard InChI is InChI=1S/C6H13BNO2P2/c1-10-6(9)5(8-12)3-2-4-7-11/h2,4-5,8H,3,11-12H2,1H3/b4-2+. The van der Waals surface area contributed by atoms with Gasteiger partial charge in [0.1, 0.15) is 6.04 Å². The molecule has 0 aromatic rings. The first kappa shape index (κ1) is 12.1. The van der Waals surface area contributed by atoms with Gasteiger partial charge in [0.2, 0.25) is 0 Å². The van der Waals surface area contributed by atoms with Crippen molar-refractivity contribution < 1.29 is 9.53 Å². The lowest BCUT2D eigenvalue weighted by molar-refractivity contribution is -0.142. The quantitative estimate of drug-likeness (QED) is 0.397. The molecule has 0 spiro atoms. The molecule has 0 bridgehead atoms. The lowest BCUT2D eigenvalue weighted by atomic mass is 10.1. The third kappa shape index (κ3) is 4.87. The summed E-state index contributed by atoms with van der Waals surface area (Å²) in [5, 5.41) is 2.78. The summed E-state index contributed by atoms with van der Waals surface area (Å²) in [6, 6.07) is -0.277. The summed E-state index contributed by atoms with van der Waals surface area (Å²) in [5.41, 5.74) is 0. The van der Waals surface area contributed by atoms with Gasteiger partial charge in [0, 0.05) is 0 Å². The minimum absolute atomic E-state index is 0.251. The maximum atomic E-state index is 11.0. The molecular weight excluding hydrogens is 191 g/mol. The Labute approximate surface area is 78.4 Å². The van der Waals surface area contributed by atoms with Gasteiger partial charge in [-0.25, -0.2) is 0 Å². The fourth-order valence-electron chi connectivity index (χ4n) is 0.668. The molecule has 3 atom stereocenters. The molecule has 3 unspecified atom stereocenters. The van der Waals surface area contributed by atoms with Gasteiger partial charge in [-0.15, -0.1) is 5.98 Å². The second kappa shape index (κ2) is 7.73. The lowest BCUT2D eigenvalue weighted by Crippen LogP contribution is -2.30. The van der Waals surface area contributed by atoms with E-state index in [2.05, 4.69) is 28.3 Å². The summed E-state index contributed by atoms with van der Waals surface area (Å²) in [5.74, 6) is 1.61. The summed E-state index contributed by atoms with van der Waals surface area (Å²) in [7, 11) is 6.14. The molecule has 1 radical (unpaired) electrons. The van der Waals surface area contributed by atoms with Crippen LogP contribution in [-0.2, 0) is 9.53 Å². The van der Waals surface area contributed by atoms with Gasteiger partial charge >= 0.3 is 5.97 Å². The number of hydrogen-bond acceptors (Lipinski definition) is 3. The Bertz CT molecular complexity index is 166. The minimum Gasteiger partial charge on any atom is -0.468 e. The van der Waals surface area contributed by atoms with E-state index in [1.807, 2.05) is 19.1 Å². The first-order chi connectivity index (χ1) is 5.76. The molecule has 0 saturated carbocycles. The Morgan fingerprint density at radius 2 is 2.50 bits per heavy atom. The van der Waals surface area contributed by atoms with E-state index in [0.717, 1.165) is 0 Å². The Kier molecular flexibility index (Phi) is 7.79. The molecule has 0 rings (SSSR count). The zero-order valence-electron chi connectivity index (χ0n) is 6.99. The van der Waals surface area contributed by atoms with Crippen LogP contribution in [0.5, 0.6) is 0 Å². The number of carbonyl (C=O) groups excluding carboxylic acids is 1. The second-order valence-electron chi connectivity index (χ2n) is 2.10. The van der Waals surface area contributed by atoms with Crippen molar-refractivity contribution in [1.82, 2.24) is 5.09 Å². The molecular formula is C6H13BNO2P2. The predicted molar refractivity (Wildman–Crippen MR) is 57.9 cm³/mol. The van der Waals surface area contributed by atoms with Crippen LogP contribution in [0.3, 0.4) is 0 Å². The number of nitrogens with one attached hydrogen (secondary N) is 1. The van der Waals surface area contributed by atoms with Crippen LogP contribution in [0.25, 0.3) is 0 Å². The zero-order valence-corrected chi connectivity index (χ0v) is 9.30. The third-order valence-corrected chi connectivity index (χ3v) is 1.93. The first-order valence-electron chi connectivity index (χ1n) is 3.50. The molecule has 0 aliphatic rings. The lowest BCUT2D eigenvalue weighted by Gasteiger charge is -2.10. The number of hydrogen-bond donors (Lipinski definition) is 1. The molecule has 0 aromatic heterocycles. The van der Waals surface area contributed by atoms with Gasteiger partial charge in [0.15, 0.2) is 7.00 Å². The van der Waals surface area contributed by atoms with Crippen LogP contribution in [0.2, 0.25) is 0 Å². The van der Waals surface area contributed by atoms with Crippen LogP contribution >= 0.6 is 18.5 Å². The Balaban J connectivity index is 3.82. The van der Waals surface area contributed by atoms with Crippen LogP contribution in [0.1, 0.15) is 6.42 Å². The highest BCUT2D eigenvalue weighted by atomic mass is 31.0. The number of carbonyl (C=O) groups is 1. The first-order valence-corrected chi connectivity index (χ1v) is 4.74. The largest absolute Gasteiger partial charge is 0.468 e. The Hall–Kier alpha value is 0.0949. The topological polar surface area (TPSA) is 38.3 Å². The van der Waals surface area contributed by atoms with Crippen LogP contribution in [-0.4, -0.2) is 26.1 Å². The van der Waals surface area contributed by atoms with Crippen molar-refractivity contribution in [3.05, 3.63) is 12.1 Å². The molecule has 0 amide bonds. The van der Waals surface area contributed by atoms with Crippen LogP contribution in [0.4, 0.5) is 0 Å². The molecule has 67 valence electrons. The highest BCUT2D eigenvalue weighted by Crippen LogP contribution is 1.98. The summed E-state index contributed by atoms with van der Waals surface area (Å²) in [6.07, 6.45) is 2.52. The van der Waals surface area contributed by atoms with E-state index in [1.54, 1.807) is 0 Å². The molecule has 3 nitrogen and oxygen atoms in total. The van der Waals surface area contributed by atoms with E-state index in [4.69, 9.17) is 0 Å². The van der Waals surface area contributed by atoms with E-state index in [0.29, 0.717) is 6.42 Å². The van der Waals surface area contributed by atoms with E-state index < -0.39 is 0 Å². The van der Waals surface area contributed by atoms with Gasteiger partial charge in [0.25, 0.3) is 0 Å². The molecule has 0 aromatic carbocycles. The third-order valence-electron chi connectivity index (χ3n) is 1.31. The molecule has 0 aliphatic heterocycles. The van der Waals surface area contributed by atoms with Gasteiger partial charge in [-0.2, -0.15) is 9.12 Å². The Morgan fingerprint density at radius 1 is 1.83 bits per heavy atom. The number of ether oxygens (including phenoxy) is 1. The average Bonchev–Trinajstić information content (AvgIpc) is 2.11. The van der Waals surface area contributed by atoms with Crippen LogP contribution in [0.15, 0.2) is 12.1 Å². The smallest absolute Gasteiger partial charge is 0.323 e. The zero-order chi connectivity index (χ0) is 9.40. The van der Waals surface area contributed by atoms with Crippen molar-refractivity contribution >= 4 is 31.5 Å². The molecule has 12 heavy (non-hydrogen) atoms. The van der Waals surface area contributed by atoms with Gasteiger partial charge in [-0.3, -0.25) is 9.88 Å². The van der Waals surface area contributed by atoms with Gasteiger partial charge < -0.3 is 4.74 Å². The van der Waals surface area contributed by atoms with E-state index in [-0.39, 0.29) is 12.0 Å². The number of methoxy groups -OCH3 is 1. The Morgan fingerprint density at radius 3 is 2.92 bits per heavy atom. The SMILES string of the molecule is COC(=O)C(C/C=C/[B]P)NP. The summed E-state index contributed by atoms with van der Waals surface area (Å²) < 4.78 is 4.57. The maximum Gasteiger partial charge on any atom is 0.323 e. The van der Waals surface area contributed by atoms with Crippen molar-refractivity contribution in [3.8, 4) is 0 Å². The highest BCUT2D eigenvalue weighted by Gasteiger charge is 2.13. The second-order valence-corrected chi connectivity index (χ2v) is 2.82. The van der Waals surface area contributed by atoms with E-state index in [1.165, 1.54) is 7.11 Å². The van der Waals surface area contributed by atoms with Crippen molar-refractivity contribution in [1.29, 1.82) is 0 Å². The highest BCUT2D eigenvalue weighted by molar-refractivity contribution is 7.56. The predicted octanol–water partition coefficient (Wildman–Crippen LogP) is 0.306. The van der Waals surface area contributed by atoms with Crippen molar-refractivity contribution in [2.24, 2.45) is 0 Å². The molecule has 0 saturated heterocycles. The van der Waals surface area contributed by atoms with E-state index in [9.17, 15) is 4.79 Å². The normalized spacial score (nSPS) is 12.9. The maximum absolute atomic E-state index is 11.0. The minimum atomic E-state index is -0.277. The summed E-state index contributed by atoms with van der Waals surface area (Å²) in [6.45, 7) is 1.83. The summed E-state index contributed by atoms with van der Waals surface area (Å²) >= 11 is 0. The molecule has 0 heterocycles. The van der Waals surface area contributed by atoms with Gasteiger partial charge in [-0.1, -0.05) is 15.5 Å². The van der Waals surface area contributed by atoms with Gasteiger partial charge in [0.05, 0.1) is 7.11 Å². The number of rotatable bonds is 5. The van der Waals surface area contributed by atoms with Crippen LogP contribution < -0.4 is 5.09 Å². The molecule has 0 aliphatic carbocycles. The number of esters is 1.